The molecule has 1 unspecified atom stereocenters. The van der Waals surface area contributed by atoms with Crippen molar-refractivity contribution in [3.63, 3.8) is 0 Å². The van der Waals surface area contributed by atoms with Crippen molar-refractivity contribution in [2.24, 2.45) is 0 Å². The zero-order valence-corrected chi connectivity index (χ0v) is 7.58. The molecule has 0 heterocycles. The van der Waals surface area contributed by atoms with E-state index in [0.717, 1.165) is 38.5 Å². The average Bonchev–Trinajstić information content (AvgIpc) is 2.11. The molecule has 68 valence electrons. The molecule has 0 spiro atoms. The van der Waals surface area contributed by atoms with Gasteiger partial charge in [-0.2, -0.15) is 0 Å². The topological polar surface area (TPSA) is 20.2 Å². The Labute approximate surface area is 74.8 Å². The van der Waals surface area contributed by atoms with E-state index >= 15 is 0 Å². The Bertz CT molecular complexity index is 158. The highest BCUT2D eigenvalue weighted by atomic mass is 16.3. The van der Waals surface area contributed by atoms with Crippen molar-refractivity contribution < 1.29 is 5.11 Å². The second-order valence-corrected chi connectivity index (χ2v) is 3.34. The number of aliphatic hydroxyl groups is 1. The fourth-order valence-corrected chi connectivity index (χ4v) is 1.39. The monoisotopic (exact) mass is 166 g/mol. The Hall–Kier alpha value is -0.560. The molecule has 0 aromatic carbocycles. The number of rotatable bonds is 0. The summed E-state index contributed by atoms with van der Waals surface area (Å²) in [5, 5.41) is 9.45. The molecule has 0 aliphatic heterocycles. The van der Waals surface area contributed by atoms with E-state index in [4.69, 9.17) is 0 Å². The minimum Gasteiger partial charge on any atom is -0.393 e. The summed E-state index contributed by atoms with van der Waals surface area (Å²) in [6, 6.07) is 0. The van der Waals surface area contributed by atoms with Crippen molar-refractivity contribution in [1.82, 2.24) is 0 Å². The Morgan fingerprint density at radius 3 is 2.42 bits per heavy atom. The second-order valence-electron chi connectivity index (χ2n) is 3.34. The van der Waals surface area contributed by atoms with E-state index < -0.39 is 0 Å². The minimum atomic E-state index is -0.118. The van der Waals surface area contributed by atoms with Gasteiger partial charge in [0.25, 0.3) is 0 Å². The van der Waals surface area contributed by atoms with E-state index in [1.165, 1.54) is 0 Å². The SMILES string of the molecule is OC1C/C=C\CC/C=C\CCC1. The third kappa shape index (κ3) is 4.35. The van der Waals surface area contributed by atoms with Crippen LogP contribution in [0.3, 0.4) is 0 Å². The number of aliphatic hydroxyl groups excluding tert-OH is 1. The van der Waals surface area contributed by atoms with Gasteiger partial charge in [-0.25, -0.2) is 0 Å². The molecule has 1 N–H and O–H groups in total. The quantitative estimate of drug-likeness (QED) is 0.549. The number of hydrogen-bond acceptors (Lipinski definition) is 1. The summed E-state index contributed by atoms with van der Waals surface area (Å²) in [5.74, 6) is 0. The molecular formula is C11H18O. The molecule has 1 rings (SSSR count). The maximum atomic E-state index is 9.45. The normalized spacial score (nSPS) is 31.9. The smallest absolute Gasteiger partial charge is 0.0574 e. The number of allylic oxidation sites excluding steroid dienone is 3. The van der Waals surface area contributed by atoms with Crippen molar-refractivity contribution in [2.45, 2.75) is 44.6 Å². The van der Waals surface area contributed by atoms with Gasteiger partial charge in [0.2, 0.25) is 0 Å². The predicted octanol–water partition coefficient (Wildman–Crippen LogP) is 2.81. The van der Waals surface area contributed by atoms with Gasteiger partial charge in [0.05, 0.1) is 6.10 Å². The molecule has 1 nitrogen and oxygen atoms in total. The van der Waals surface area contributed by atoms with Crippen LogP contribution >= 0.6 is 0 Å². The molecule has 0 saturated carbocycles. The van der Waals surface area contributed by atoms with Crippen LogP contribution in [0.15, 0.2) is 24.3 Å². The van der Waals surface area contributed by atoms with Crippen LogP contribution in [0.4, 0.5) is 0 Å². The molecule has 0 amide bonds. The lowest BCUT2D eigenvalue weighted by Gasteiger charge is -2.05. The first-order chi connectivity index (χ1) is 5.89. The zero-order chi connectivity index (χ0) is 8.65. The Balaban J connectivity index is 2.32. The fraction of sp³-hybridized carbons (Fsp3) is 0.636. The van der Waals surface area contributed by atoms with Crippen molar-refractivity contribution >= 4 is 0 Å². The van der Waals surface area contributed by atoms with Gasteiger partial charge >= 0.3 is 0 Å². The molecule has 1 atom stereocenters. The first-order valence-electron chi connectivity index (χ1n) is 4.87. The van der Waals surface area contributed by atoms with Gasteiger partial charge in [-0.15, -0.1) is 0 Å². The van der Waals surface area contributed by atoms with Gasteiger partial charge < -0.3 is 5.11 Å². The molecule has 0 aromatic heterocycles. The Kier molecular flexibility index (Phi) is 4.77. The Morgan fingerprint density at radius 2 is 1.58 bits per heavy atom. The van der Waals surface area contributed by atoms with Crippen LogP contribution in [0, 0.1) is 0 Å². The summed E-state index contributed by atoms with van der Waals surface area (Å²) in [6.45, 7) is 0. The highest BCUT2D eigenvalue weighted by molar-refractivity contribution is 4.90. The second kappa shape index (κ2) is 6.01. The van der Waals surface area contributed by atoms with Crippen LogP contribution in [0.2, 0.25) is 0 Å². The first kappa shape index (κ1) is 9.53. The average molecular weight is 166 g/mol. The lowest BCUT2D eigenvalue weighted by molar-refractivity contribution is 0.165. The van der Waals surface area contributed by atoms with Crippen LogP contribution < -0.4 is 0 Å². The molecule has 1 aliphatic carbocycles. The zero-order valence-electron chi connectivity index (χ0n) is 7.58. The summed E-state index contributed by atoms with van der Waals surface area (Å²) >= 11 is 0. The van der Waals surface area contributed by atoms with Gasteiger partial charge in [-0.1, -0.05) is 24.3 Å². The molecule has 0 saturated heterocycles. The van der Waals surface area contributed by atoms with Crippen molar-refractivity contribution in [3.05, 3.63) is 24.3 Å². The van der Waals surface area contributed by atoms with Crippen LogP contribution in [0.5, 0.6) is 0 Å². The summed E-state index contributed by atoms with van der Waals surface area (Å²) in [4.78, 5) is 0. The van der Waals surface area contributed by atoms with Crippen LogP contribution in [-0.2, 0) is 0 Å². The lowest BCUT2D eigenvalue weighted by atomic mass is 10.1. The van der Waals surface area contributed by atoms with E-state index in [1.807, 2.05) is 0 Å². The third-order valence-corrected chi connectivity index (χ3v) is 2.15. The minimum absolute atomic E-state index is 0.118. The van der Waals surface area contributed by atoms with Crippen molar-refractivity contribution in [1.29, 1.82) is 0 Å². The number of hydrogen-bond donors (Lipinski definition) is 1. The molecular weight excluding hydrogens is 148 g/mol. The van der Waals surface area contributed by atoms with Gasteiger partial charge in [0.1, 0.15) is 0 Å². The largest absolute Gasteiger partial charge is 0.393 e. The Morgan fingerprint density at radius 1 is 0.917 bits per heavy atom. The fourth-order valence-electron chi connectivity index (χ4n) is 1.39. The molecule has 0 fully saturated rings. The van der Waals surface area contributed by atoms with Crippen LogP contribution in [0.25, 0.3) is 0 Å². The molecule has 12 heavy (non-hydrogen) atoms. The van der Waals surface area contributed by atoms with Gasteiger partial charge in [0, 0.05) is 0 Å². The highest BCUT2D eigenvalue weighted by Crippen LogP contribution is 2.08. The van der Waals surface area contributed by atoms with Gasteiger partial charge in [0.15, 0.2) is 0 Å². The summed E-state index contributed by atoms with van der Waals surface area (Å²) in [7, 11) is 0. The van der Waals surface area contributed by atoms with E-state index in [1.54, 1.807) is 0 Å². The third-order valence-electron chi connectivity index (χ3n) is 2.15. The van der Waals surface area contributed by atoms with E-state index in [9.17, 15) is 5.11 Å². The molecule has 1 aliphatic rings. The highest BCUT2D eigenvalue weighted by Gasteiger charge is 2.00. The maximum Gasteiger partial charge on any atom is 0.0574 e. The van der Waals surface area contributed by atoms with Gasteiger partial charge in [-0.3, -0.25) is 0 Å². The first-order valence-corrected chi connectivity index (χ1v) is 4.87. The van der Waals surface area contributed by atoms with E-state index in [2.05, 4.69) is 24.3 Å². The summed E-state index contributed by atoms with van der Waals surface area (Å²) in [5.41, 5.74) is 0. The van der Waals surface area contributed by atoms with Crippen LogP contribution in [0.1, 0.15) is 38.5 Å². The summed E-state index contributed by atoms with van der Waals surface area (Å²) < 4.78 is 0. The van der Waals surface area contributed by atoms with Crippen LogP contribution in [-0.4, -0.2) is 11.2 Å². The van der Waals surface area contributed by atoms with Gasteiger partial charge in [-0.05, 0) is 38.5 Å². The van der Waals surface area contributed by atoms with Crippen molar-refractivity contribution in [2.75, 3.05) is 0 Å². The molecule has 1 heteroatoms. The maximum absolute atomic E-state index is 9.45. The lowest BCUT2D eigenvalue weighted by Crippen LogP contribution is -2.03. The predicted molar refractivity (Wildman–Crippen MR) is 52.0 cm³/mol. The van der Waals surface area contributed by atoms with E-state index in [0.29, 0.717) is 0 Å². The van der Waals surface area contributed by atoms with E-state index in [-0.39, 0.29) is 6.10 Å². The molecule has 0 aromatic rings. The summed E-state index contributed by atoms with van der Waals surface area (Å²) in [6.07, 6.45) is 14.9. The molecule has 0 bridgehead atoms. The molecule has 0 radical (unpaired) electrons. The van der Waals surface area contributed by atoms with Crippen molar-refractivity contribution in [3.8, 4) is 0 Å². The standard InChI is InChI=1S/C11H18O/c12-11-9-7-5-3-1-2-4-6-8-10-11/h1,3,6,8,11-12H,2,4-5,7,9-10H2/b3-1-,8-6-.